The maximum Gasteiger partial charge on any atom is 0.168 e. The number of nitrogens with one attached hydrogen (secondary N) is 1. The first-order valence-electron chi connectivity index (χ1n) is 5.53. The zero-order valence-electron chi connectivity index (χ0n) is 9.79. The Morgan fingerprint density at radius 1 is 1.53 bits per heavy atom. The third kappa shape index (κ3) is 3.78. The lowest BCUT2D eigenvalue weighted by Crippen LogP contribution is -2.16. The van der Waals surface area contributed by atoms with Crippen molar-refractivity contribution in [3.63, 3.8) is 0 Å². The molecule has 3 nitrogen and oxygen atoms in total. The highest BCUT2D eigenvalue weighted by Gasteiger charge is 2.06. The number of ether oxygens (including phenoxy) is 1. The van der Waals surface area contributed by atoms with Gasteiger partial charge in [-0.1, -0.05) is 19.8 Å². The molecule has 1 rings (SSSR count). The molecule has 0 aliphatic heterocycles. The number of aromatic nitrogens is 1. The minimum Gasteiger partial charge on any atom is -0.493 e. The number of hydrogen-bond donors (Lipinski definition) is 1. The summed E-state index contributed by atoms with van der Waals surface area (Å²) < 4.78 is 5.23. The molecule has 0 radical (unpaired) electrons. The summed E-state index contributed by atoms with van der Waals surface area (Å²) in [7, 11) is 1.67. The van der Waals surface area contributed by atoms with Gasteiger partial charge in [-0.3, -0.25) is 0 Å². The summed E-state index contributed by atoms with van der Waals surface area (Å²) in [5, 5.41) is 3.36. The van der Waals surface area contributed by atoms with Crippen LogP contribution >= 0.6 is 0 Å². The molecule has 0 saturated heterocycles. The van der Waals surface area contributed by atoms with Gasteiger partial charge in [0.1, 0.15) is 0 Å². The van der Waals surface area contributed by atoms with Crippen molar-refractivity contribution in [1.29, 1.82) is 0 Å². The third-order valence-corrected chi connectivity index (χ3v) is 2.36. The van der Waals surface area contributed by atoms with Crippen molar-refractivity contribution < 1.29 is 4.74 Å². The molecule has 1 aromatic heterocycles. The van der Waals surface area contributed by atoms with Gasteiger partial charge in [0.2, 0.25) is 0 Å². The van der Waals surface area contributed by atoms with Crippen LogP contribution in [0.1, 0.15) is 33.1 Å². The van der Waals surface area contributed by atoms with E-state index in [1.54, 1.807) is 13.3 Å². The summed E-state index contributed by atoms with van der Waals surface area (Å²) in [6.45, 7) is 4.37. The Morgan fingerprint density at radius 2 is 2.33 bits per heavy atom. The molecular formula is C12H20N2O. The van der Waals surface area contributed by atoms with Gasteiger partial charge in [-0.25, -0.2) is 4.98 Å². The van der Waals surface area contributed by atoms with E-state index in [9.17, 15) is 0 Å². The van der Waals surface area contributed by atoms with Gasteiger partial charge in [-0.05, 0) is 25.5 Å². The molecule has 0 amide bonds. The Kier molecular flexibility index (Phi) is 4.95. The molecule has 1 N–H and O–H groups in total. The van der Waals surface area contributed by atoms with Crippen LogP contribution in [-0.4, -0.2) is 18.1 Å². The number of rotatable bonds is 6. The predicted octanol–water partition coefficient (Wildman–Crippen LogP) is 3.08. The predicted molar refractivity (Wildman–Crippen MR) is 63.4 cm³/mol. The summed E-state index contributed by atoms with van der Waals surface area (Å²) in [4.78, 5) is 4.26. The molecule has 0 spiro atoms. The fraction of sp³-hybridized carbons (Fsp3) is 0.583. The van der Waals surface area contributed by atoms with Crippen LogP contribution in [0.2, 0.25) is 0 Å². The molecule has 1 aromatic rings. The van der Waals surface area contributed by atoms with Gasteiger partial charge in [0.05, 0.1) is 7.11 Å². The van der Waals surface area contributed by atoms with E-state index >= 15 is 0 Å². The largest absolute Gasteiger partial charge is 0.493 e. The first-order valence-corrected chi connectivity index (χ1v) is 5.53. The second-order valence-electron chi connectivity index (χ2n) is 3.74. The van der Waals surface area contributed by atoms with Gasteiger partial charge in [-0.15, -0.1) is 0 Å². The summed E-state index contributed by atoms with van der Waals surface area (Å²) in [6.07, 6.45) is 5.41. The lowest BCUT2D eigenvalue weighted by atomic mass is 10.1. The van der Waals surface area contributed by atoms with Gasteiger partial charge in [0.15, 0.2) is 11.6 Å². The highest BCUT2D eigenvalue weighted by Crippen LogP contribution is 2.21. The van der Waals surface area contributed by atoms with Crippen LogP contribution in [0.25, 0.3) is 0 Å². The molecule has 1 heterocycles. The monoisotopic (exact) mass is 208 g/mol. The first-order chi connectivity index (χ1) is 7.27. The second-order valence-corrected chi connectivity index (χ2v) is 3.74. The van der Waals surface area contributed by atoms with Crippen molar-refractivity contribution in [3.8, 4) is 5.75 Å². The molecule has 3 heteroatoms. The van der Waals surface area contributed by atoms with E-state index in [2.05, 4.69) is 24.1 Å². The van der Waals surface area contributed by atoms with Crippen LogP contribution in [-0.2, 0) is 0 Å². The van der Waals surface area contributed by atoms with E-state index in [1.807, 2.05) is 12.1 Å². The molecular weight excluding hydrogens is 188 g/mol. The zero-order chi connectivity index (χ0) is 11.1. The van der Waals surface area contributed by atoms with Gasteiger partial charge in [0, 0.05) is 12.2 Å². The SMILES string of the molecule is CCCCC(C)Nc1ncccc1OC. The first kappa shape index (κ1) is 11.8. The highest BCUT2D eigenvalue weighted by atomic mass is 16.5. The standard InChI is InChI=1S/C12H20N2O/c1-4-5-7-10(2)14-12-11(15-3)8-6-9-13-12/h6,8-10H,4-5,7H2,1-3H3,(H,13,14). The fourth-order valence-electron chi connectivity index (χ4n) is 1.48. The number of unbranched alkanes of at least 4 members (excludes halogenated alkanes) is 1. The number of anilines is 1. The van der Waals surface area contributed by atoms with Gasteiger partial charge in [-0.2, -0.15) is 0 Å². The average Bonchev–Trinajstić information content (AvgIpc) is 2.27. The van der Waals surface area contributed by atoms with Gasteiger partial charge >= 0.3 is 0 Å². The van der Waals surface area contributed by atoms with Gasteiger partial charge in [0.25, 0.3) is 0 Å². The normalized spacial score (nSPS) is 12.2. The molecule has 0 aliphatic carbocycles. The second kappa shape index (κ2) is 6.27. The molecule has 0 aliphatic rings. The van der Waals surface area contributed by atoms with Crippen molar-refractivity contribution in [3.05, 3.63) is 18.3 Å². The zero-order valence-corrected chi connectivity index (χ0v) is 9.79. The third-order valence-electron chi connectivity index (χ3n) is 2.36. The summed E-state index contributed by atoms with van der Waals surface area (Å²) in [5.74, 6) is 1.64. The van der Waals surface area contributed by atoms with E-state index in [4.69, 9.17) is 4.74 Å². The van der Waals surface area contributed by atoms with Crippen LogP contribution in [0, 0.1) is 0 Å². The van der Waals surface area contributed by atoms with Crippen molar-refractivity contribution in [1.82, 2.24) is 4.98 Å². The van der Waals surface area contributed by atoms with Crippen LogP contribution < -0.4 is 10.1 Å². The van der Waals surface area contributed by atoms with Crippen molar-refractivity contribution in [2.75, 3.05) is 12.4 Å². The molecule has 0 saturated carbocycles. The highest BCUT2D eigenvalue weighted by molar-refractivity contribution is 5.49. The van der Waals surface area contributed by atoms with Crippen molar-refractivity contribution in [2.45, 2.75) is 39.2 Å². The van der Waals surface area contributed by atoms with E-state index in [0.29, 0.717) is 6.04 Å². The van der Waals surface area contributed by atoms with E-state index < -0.39 is 0 Å². The van der Waals surface area contributed by atoms with E-state index in [1.165, 1.54) is 12.8 Å². The minimum absolute atomic E-state index is 0.439. The maximum absolute atomic E-state index is 5.23. The van der Waals surface area contributed by atoms with E-state index in [0.717, 1.165) is 18.0 Å². The molecule has 1 atom stereocenters. The van der Waals surface area contributed by atoms with Crippen LogP contribution in [0.5, 0.6) is 5.75 Å². The fourth-order valence-corrected chi connectivity index (χ4v) is 1.48. The topological polar surface area (TPSA) is 34.2 Å². The summed E-state index contributed by atoms with van der Waals surface area (Å²) in [6, 6.07) is 4.23. The van der Waals surface area contributed by atoms with Crippen LogP contribution in [0.15, 0.2) is 18.3 Å². The molecule has 15 heavy (non-hydrogen) atoms. The summed E-state index contributed by atoms with van der Waals surface area (Å²) in [5.41, 5.74) is 0. The van der Waals surface area contributed by atoms with Crippen molar-refractivity contribution >= 4 is 5.82 Å². The van der Waals surface area contributed by atoms with Crippen molar-refractivity contribution in [2.24, 2.45) is 0 Å². The lowest BCUT2D eigenvalue weighted by Gasteiger charge is -2.15. The number of methoxy groups -OCH3 is 1. The maximum atomic E-state index is 5.23. The van der Waals surface area contributed by atoms with Crippen LogP contribution in [0.3, 0.4) is 0 Å². The average molecular weight is 208 g/mol. The van der Waals surface area contributed by atoms with Gasteiger partial charge < -0.3 is 10.1 Å². The Balaban J connectivity index is 2.55. The minimum atomic E-state index is 0.439. The molecule has 0 bridgehead atoms. The van der Waals surface area contributed by atoms with E-state index in [-0.39, 0.29) is 0 Å². The molecule has 84 valence electrons. The number of pyridine rings is 1. The Bertz CT molecular complexity index is 289. The lowest BCUT2D eigenvalue weighted by molar-refractivity contribution is 0.414. The number of nitrogens with zero attached hydrogens (tertiary/aromatic N) is 1. The molecule has 1 unspecified atom stereocenters. The number of hydrogen-bond acceptors (Lipinski definition) is 3. The molecule has 0 fully saturated rings. The summed E-state index contributed by atoms with van der Waals surface area (Å²) >= 11 is 0. The van der Waals surface area contributed by atoms with Crippen LogP contribution in [0.4, 0.5) is 5.82 Å². The Morgan fingerprint density at radius 3 is 3.00 bits per heavy atom. The Labute approximate surface area is 91.9 Å². The smallest absolute Gasteiger partial charge is 0.168 e. The molecule has 0 aromatic carbocycles. The quantitative estimate of drug-likeness (QED) is 0.780. The Hall–Kier alpha value is -1.25.